The molecule has 1 aliphatic heterocycles. The van der Waals surface area contributed by atoms with Crippen LogP contribution < -0.4 is 4.74 Å². The fraction of sp³-hybridized carbons (Fsp3) is 0.727. The Morgan fingerprint density at radius 3 is 2.67 bits per heavy atom. The van der Waals surface area contributed by atoms with Gasteiger partial charge in [0, 0.05) is 45.2 Å². The van der Waals surface area contributed by atoms with Crippen LogP contribution in [0.5, 0.6) is 5.75 Å². The van der Waals surface area contributed by atoms with Gasteiger partial charge < -0.3 is 29.0 Å². The number of aromatic nitrogens is 1. The number of rotatable bonds is 11. The van der Waals surface area contributed by atoms with Crippen molar-refractivity contribution in [3.05, 3.63) is 24.0 Å². The van der Waals surface area contributed by atoms with Crippen LogP contribution in [0.4, 0.5) is 0 Å². The van der Waals surface area contributed by atoms with Gasteiger partial charge in [-0.25, -0.2) is 0 Å². The summed E-state index contributed by atoms with van der Waals surface area (Å²) < 4.78 is 22.3. The summed E-state index contributed by atoms with van der Waals surface area (Å²) in [6, 6.07) is 3.42. The number of hydrogen-bond acceptors (Lipinski definition) is 7. The first kappa shape index (κ1) is 22.9. The van der Waals surface area contributed by atoms with E-state index in [0.717, 1.165) is 24.5 Å². The van der Waals surface area contributed by atoms with E-state index in [1.165, 1.54) is 27.1 Å². The summed E-state index contributed by atoms with van der Waals surface area (Å²) in [5.41, 5.74) is -0.426. The molecule has 1 aliphatic carbocycles. The van der Waals surface area contributed by atoms with Crippen LogP contribution in [0.25, 0.3) is 0 Å². The van der Waals surface area contributed by atoms with Crippen LogP contribution in [0.2, 0.25) is 0 Å². The van der Waals surface area contributed by atoms with Gasteiger partial charge in [-0.05, 0) is 44.1 Å². The van der Waals surface area contributed by atoms with Gasteiger partial charge in [0.2, 0.25) is 0 Å². The number of aliphatic hydroxyl groups excluding tert-OH is 1. The van der Waals surface area contributed by atoms with Crippen LogP contribution in [0.3, 0.4) is 0 Å². The van der Waals surface area contributed by atoms with Gasteiger partial charge >= 0.3 is 0 Å². The number of ether oxygens (including phenoxy) is 4. The number of aliphatic hydroxyl groups is 1. The Bertz CT molecular complexity index is 694. The summed E-state index contributed by atoms with van der Waals surface area (Å²) in [4.78, 5) is 19.1. The maximum atomic E-state index is 13.0. The molecule has 2 heterocycles. The molecule has 0 unspecified atom stereocenters. The largest absolute Gasteiger partial charge is 0.490 e. The highest BCUT2D eigenvalue weighted by Crippen LogP contribution is 2.39. The molecule has 1 saturated heterocycles. The fourth-order valence-electron chi connectivity index (χ4n) is 4.51. The van der Waals surface area contributed by atoms with Crippen molar-refractivity contribution < 1.29 is 28.8 Å². The van der Waals surface area contributed by atoms with Gasteiger partial charge in [-0.15, -0.1) is 0 Å². The second-order valence-electron chi connectivity index (χ2n) is 8.32. The van der Waals surface area contributed by atoms with Gasteiger partial charge in [0.05, 0.1) is 12.1 Å². The highest BCUT2D eigenvalue weighted by Gasteiger charge is 2.61. The van der Waals surface area contributed by atoms with E-state index in [1.807, 2.05) is 12.1 Å². The number of amides is 1. The van der Waals surface area contributed by atoms with Crippen molar-refractivity contribution in [2.45, 2.75) is 63.2 Å². The predicted octanol–water partition coefficient (Wildman–Crippen LogP) is 2.14. The molecule has 1 aromatic heterocycles. The van der Waals surface area contributed by atoms with Gasteiger partial charge in [0.1, 0.15) is 19.3 Å². The van der Waals surface area contributed by atoms with E-state index >= 15 is 0 Å². The Balaban J connectivity index is 1.75. The van der Waals surface area contributed by atoms with Crippen LogP contribution in [0.1, 0.15) is 44.7 Å². The summed E-state index contributed by atoms with van der Waals surface area (Å²) in [5.74, 6) is 1.34. The summed E-state index contributed by atoms with van der Waals surface area (Å²) >= 11 is 0. The van der Waals surface area contributed by atoms with Crippen molar-refractivity contribution in [1.82, 2.24) is 9.88 Å². The lowest BCUT2D eigenvalue weighted by atomic mass is 9.77. The quantitative estimate of drug-likeness (QED) is 0.432. The minimum absolute atomic E-state index is 0.0229. The molecule has 0 bridgehead atoms. The lowest BCUT2D eigenvalue weighted by Gasteiger charge is -2.54. The normalized spacial score (nSPS) is 29.0. The maximum absolute atomic E-state index is 13.0. The number of pyridine rings is 1. The first-order valence-corrected chi connectivity index (χ1v) is 10.7. The van der Waals surface area contributed by atoms with Gasteiger partial charge in [-0.3, -0.25) is 9.78 Å². The summed E-state index contributed by atoms with van der Waals surface area (Å²) in [6.07, 6.45) is 7.07. The Labute approximate surface area is 178 Å². The molecule has 1 N–H and O–H groups in total. The minimum Gasteiger partial charge on any atom is -0.490 e. The second kappa shape index (κ2) is 10.5. The molecule has 0 radical (unpaired) electrons. The number of hydrogen-bond donors (Lipinski definition) is 1. The monoisotopic (exact) mass is 422 g/mol. The molecular formula is C22H34N2O6. The lowest BCUT2D eigenvalue weighted by Crippen LogP contribution is -2.76. The van der Waals surface area contributed by atoms with E-state index in [2.05, 4.69) is 11.9 Å². The van der Waals surface area contributed by atoms with Gasteiger partial charge in [-0.2, -0.15) is 0 Å². The fourth-order valence-corrected chi connectivity index (χ4v) is 4.51. The topological polar surface area (TPSA) is 90.4 Å². The number of methoxy groups -OCH3 is 2. The predicted molar refractivity (Wildman–Crippen MR) is 110 cm³/mol. The first-order valence-electron chi connectivity index (χ1n) is 10.7. The molecule has 0 aromatic carbocycles. The van der Waals surface area contributed by atoms with Crippen LogP contribution in [0.15, 0.2) is 18.3 Å². The Morgan fingerprint density at radius 1 is 1.23 bits per heavy atom. The number of nitrogens with zero attached hydrogens (tertiary/aromatic N) is 2. The van der Waals surface area contributed by atoms with E-state index in [9.17, 15) is 9.90 Å². The van der Waals surface area contributed by atoms with Gasteiger partial charge in [0.15, 0.2) is 5.60 Å². The number of likely N-dealkylation sites (tertiary alicyclic amines) is 1. The van der Waals surface area contributed by atoms with Gasteiger partial charge in [-0.1, -0.05) is 6.92 Å². The zero-order chi connectivity index (χ0) is 21.6. The molecule has 1 aromatic rings. The molecule has 168 valence electrons. The molecular weight excluding hydrogens is 388 g/mol. The van der Waals surface area contributed by atoms with Crippen LogP contribution in [-0.4, -0.2) is 73.0 Å². The van der Waals surface area contributed by atoms with E-state index in [4.69, 9.17) is 18.9 Å². The number of carbonyl (C=O) groups excluding carboxylic acids is 1. The van der Waals surface area contributed by atoms with Crippen molar-refractivity contribution in [3.63, 3.8) is 0 Å². The SMILES string of the molecule is COCO[C@]1(Cc2cc(OC3CCC(C)CC3)ccn2)C(=O)N(COC)[C@H]1CCO. The third-order valence-corrected chi connectivity index (χ3v) is 6.14. The van der Waals surface area contributed by atoms with Crippen molar-refractivity contribution in [3.8, 4) is 5.75 Å². The highest BCUT2D eigenvalue weighted by molar-refractivity contribution is 5.93. The molecule has 2 aliphatic rings. The Hall–Kier alpha value is -1.74. The van der Waals surface area contributed by atoms with Crippen molar-refractivity contribution in [2.24, 2.45) is 5.92 Å². The van der Waals surface area contributed by atoms with Crippen LogP contribution in [-0.2, 0) is 25.4 Å². The van der Waals surface area contributed by atoms with Crippen molar-refractivity contribution in [2.75, 3.05) is 34.4 Å². The number of β-lactam (4-membered cyclic amide) rings is 1. The van der Waals surface area contributed by atoms with Crippen molar-refractivity contribution in [1.29, 1.82) is 0 Å². The zero-order valence-corrected chi connectivity index (χ0v) is 18.2. The standard InChI is InChI=1S/C22H34N2O6/c1-16-4-6-18(7-5-16)30-19-8-10-23-17(12-19)13-22(29-15-28-3)20(9-11-25)24(14-27-2)21(22)26/h8,10,12,16,18,20,25H,4-7,9,11,13-15H2,1-3H3/t16?,18?,20-,22-/m0/s1. The Morgan fingerprint density at radius 2 is 2.00 bits per heavy atom. The average Bonchev–Trinajstić information content (AvgIpc) is 2.75. The van der Waals surface area contributed by atoms with E-state index < -0.39 is 5.60 Å². The maximum Gasteiger partial charge on any atom is 0.259 e. The average molecular weight is 423 g/mol. The molecule has 2 atom stereocenters. The molecule has 2 fully saturated rings. The highest BCUT2D eigenvalue weighted by atomic mass is 16.7. The van der Waals surface area contributed by atoms with Gasteiger partial charge in [0.25, 0.3) is 5.91 Å². The summed E-state index contributed by atoms with van der Waals surface area (Å²) in [5, 5.41) is 9.54. The van der Waals surface area contributed by atoms with E-state index in [-0.39, 0.29) is 44.6 Å². The molecule has 0 spiro atoms. The van der Waals surface area contributed by atoms with E-state index in [0.29, 0.717) is 12.1 Å². The molecule has 8 heteroatoms. The third-order valence-electron chi connectivity index (χ3n) is 6.14. The minimum atomic E-state index is -1.14. The van der Waals surface area contributed by atoms with Crippen molar-refractivity contribution >= 4 is 5.91 Å². The van der Waals surface area contributed by atoms with Crippen LogP contribution in [0, 0.1) is 5.92 Å². The lowest BCUT2D eigenvalue weighted by molar-refractivity contribution is -0.234. The third kappa shape index (κ3) is 4.94. The summed E-state index contributed by atoms with van der Waals surface area (Å²) in [7, 11) is 3.05. The number of carbonyl (C=O) groups is 1. The summed E-state index contributed by atoms with van der Waals surface area (Å²) in [6.45, 7) is 2.35. The Kier molecular flexibility index (Phi) is 8.05. The molecule has 1 saturated carbocycles. The first-order chi connectivity index (χ1) is 14.5. The smallest absolute Gasteiger partial charge is 0.259 e. The zero-order valence-electron chi connectivity index (χ0n) is 18.2. The second-order valence-corrected chi connectivity index (χ2v) is 8.32. The molecule has 1 amide bonds. The van der Waals surface area contributed by atoms with Crippen LogP contribution >= 0.6 is 0 Å². The van der Waals surface area contributed by atoms with E-state index in [1.54, 1.807) is 11.1 Å². The molecule has 8 nitrogen and oxygen atoms in total. The molecule has 3 rings (SSSR count). The molecule has 30 heavy (non-hydrogen) atoms.